The number of hydrogen-bond donors (Lipinski definition) is 2. The topological polar surface area (TPSA) is 118 Å². The molecular weight excluding hydrogens is 264 g/mol. The first-order chi connectivity index (χ1) is 9.49. The summed E-state index contributed by atoms with van der Waals surface area (Å²) in [4.78, 5) is 28.8. The van der Waals surface area contributed by atoms with E-state index in [0.717, 1.165) is 17.8 Å². The molecule has 0 radical (unpaired) electrons. The van der Waals surface area contributed by atoms with Gasteiger partial charge in [0.25, 0.3) is 5.69 Å². The first-order valence-corrected chi connectivity index (χ1v) is 5.54. The van der Waals surface area contributed by atoms with E-state index in [2.05, 4.69) is 15.3 Å². The molecule has 0 aliphatic rings. The van der Waals surface area contributed by atoms with E-state index in [9.17, 15) is 14.9 Å². The number of carboxylic acid groups (broad SMARTS) is 1. The molecule has 0 aromatic carbocycles. The highest BCUT2D eigenvalue weighted by molar-refractivity contribution is 5.94. The molecule has 20 heavy (non-hydrogen) atoms. The molecule has 0 saturated carbocycles. The van der Waals surface area contributed by atoms with Crippen molar-refractivity contribution in [2.24, 2.45) is 0 Å². The number of aryl methyl sites for hydroxylation is 1. The van der Waals surface area contributed by atoms with Crippen molar-refractivity contribution in [3.8, 4) is 0 Å². The number of nitrogens with zero attached hydrogens (tertiary/aromatic N) is 3. The molecule has 102 valence electrons. The fourth-order valence-electron chi connectivity index (χ4n) is 1.54. The van der Waals surface area contributed by atoms with Crippen molar-refractivity contribution < 1.29 is 14.8 Å². The van der Waals surface area contributed by atoms with E-state index in [1.165, 1.54) is 6.20 Å². The third-order valence-electron chi connectivity index (χ3n) is 2.61. The van der Waals surface area contributed by atoms with Gasteiger partial charge in [-0.15, -0.1) is 0 Å². The van der Waals surface area contributed by atoms with Crippen LogP contribution < -0.4 is 5.32 Å². The maximum absolute atomic E-state index is 11.2. The van der Waals surface area contributed by atoms with E-state index in [-0.39, 0.29) is 17.1 Å². The number of aromatic nitrogens is 2. The SMILES string of the molecule is Cc1ccncc1Nc1ncc([N+](=O)[O-])cc1C(=O)O. The Hall–Kier alpha value is -3.03. The minimum atomic E-state index is -1.30. The molecular formula is C12H10N4O4. The molecule has 0 saturated heterocycles. The van der Waals surface area contributed by atoms with Crippen molar-refractivity contribution in [2.45, 2.75) is 6.92 Å². The lowest BCUT2D eigenvalue weighted by Gasteiger charge is -2.09. The van der Waals surface area contributed by atoms with E-state index >= 15 is 0 Å². The summed E-state index contributed by atoms with van der Waals surface area (Å²) in [6.45, 7) is 1.82. The van der Waals surface area contributed by atoms with Crippen LogP contribution in [0.2, 0.25) is 0 Å². The number of nitrogens with one attached hydrogen (secondary N) is 1. The Morgan fingerprint density at radius 1 is 1.45 bits per heavy atom. The number of carbonyl (C=O) groups is 1. The molecule has 2 rings (SSSR count). The molecule has 2 aromatic rings. The van der Waals surface area contributed by atoms with Crippen LogP contribution in [-0.4, -0.2) is 26.0 Å². The second-order valence-electron chi connectivity index (χ2n) is 3.97. The molecule has 2 N–H and O–H groups in total. The molecule has 0 bridgehead atoms. The van der Waals surface area contributed by atoms with Crippen LogP contribution in [0.3, 0.4) is 0 Å². The van der Waals surface area contributed by atoms with Crippen LogP contribution in [-0.2, 0) is 0 Å². The highest BCUT2D eigenvalue weighted by Crippen LogP contribution is 2.23. The molecule has 0 amide bonds. The Morgan fingerprint density at radius 3 is 2.80 bits per heavy atom. The molecule has 0 aliphatic heterocycles. The van der Waals surface area contributed by atoms with Gasteiger partial charge in [0, 0.05) is 12.3 Å². The summed E-state index contributed by atoms with van der Waals surface area (Å²) < 4.78 is 0. The maximum Gasteiger partial charge on any atom is 0.339 e. The van der Waals surface area contributed by atoms with Crippen LogP contribution in [0.5, 0.6) is 0 Å². The number of aromatic carboxylic acids is 1. The van der Waals surface area contributed by atoms with Gasteiger partial charge in [-0.2, -0.15) is 0 Å². The number of rotatable bonds is 4. The molecule has 0 fully saturated rings. The van der Waals surface area contributed by atoms with Gasteiger partial charge in [-0.25, -0.2) is 9.78 Å². The predicted octanol–water partition coefficient (Wildman–Crippen LogP) is 2.14. The summed E-state index contributed by atoms with van der Waals surface area (Å²) in [5, 5.41) is 22.6. The number of pyridine rings is 2. The van der Waals surface area contributed by atoms with Crippen LogP contribution >= 0.6 is 0 Å². The van der Waals surface area contributed by atoms with Crippen LogP contribution in [0.1, 0.15) is 15.9 Å². The lowest BCUT2D eigenvalue weighted by Crippen LogP contribution is -2.07. The van der Waals surface area contributed by atoms with Gasteiger partial charge in [-0.1, -0.05) is 0 Å². The lowest BCUT2D eigenvalue weighted by atomic mass is 10.2. The quantitative estimate of drug-likeness (QED) is 0.647. The molecule has 0 atom stereocenters. The van der Waals surface area contributed by atoms with Gasteiger partial charge in [0.05, 0.1) is 16.8 Å². The maximum atomic E-state index is 11.2. The summed E-state index contributed by atoms with van der Waals surface area (Å²) in [6.07, 6.45) is 4.12. The van der Waals surface area contributed by atoms with Crippen LogP contribution in [0.15, 0.2) is 30.7 Å². The molecule has 8 nitrogen and oxygen atoms in total. The lowest BCUT2D eigenvalue weighted by molar-refractivity contribution is -0.385. The Bertz CT molecular complexity index is 687. The van der Waals surface area contributed by atoms with E-state index in [0.29, 0.717) is 5.69 Å². The third-order valence-corrected chi connectivity index (χ3v) is 2.61. The van der Waals surface area contributed by atoms with Gasteiger partial charge in [-0.05, 0) is 18.6 Å². The molecule has 0 aliphatic carbocycles. The Kier molecular flexibility index (Phi) is 3.56. The Balaban J connectivity index is 2.44. The number of nitro groups is 1. The summed E-state index contributed by atoms with van der Waals surface area (Å²) >= 11 is 0. The van der Waals surface area contributed by atoms with Gasteiger partial charge in [0.2, 0.25) is 0 Å². The summed E-state index contributed by atoms with van der Waals surface area (Å²) in [6, 6.07) is 2.71. The highest BCUT2D eigenvalue weighted by atomic mass is 16.6. The van der Waals surface area contributed by atoms with Crippen molar-refractivity contribution in [3.63, 3.8) is 0 Å². The molecule has 0 unspecified atom stereocenters. The second kappa shape index (κ2) is 5.31. The third kappa shape index (κ3) is 2.69. The number of anilines is 2. The van der Waals surface area contributed by atoms with E-state index in [1.807, 2.05) is 6.92 Å². The minimum absolute atomic E-state index is 0.0270. The number of hydrogen-bond acceptors (Lipinski definition) is 6. The average Bonchev–Trinajstić information content (AvgIpc) is 2.41. The summed E-state index contributed by atoms with van der Waals surface area (Å²) in [5.74, 6) is -1.27. The number of carboxylic acids is 1. The fraction of sp³-hybridized carbons (Fsp3) is 0.0833. The fourth-order valence-corrected chi connectivity index (χ4v) is 1.54. The normalized spacial score (nSPS) is 10.1. The summed E-state index contributed by atoms with van der Waals surface area (Å²) in [7, 11) is 0. The summed E-state index contributed by atoms with van der Waals surface area (Å²) in [5.41, 5.74) is 0.770. The second-order valence-corrected chi connectivity index (χ2v) is 3.97. The zero-order chi connectivity index (χ0) is 14.7. The molecule has 2 heterocycles. The van der Waals surface area contributed by atoms with Gasteiger partial charge >= 0.3 is 5.97 Å². The Morgan fingerprint density at radius 2 is 2.20 bits per heavy atom. The van der Waals surface area contributed by atoms with Gasteiger partial charge in [0.15, 0.2) is 0 Å². The van der Waals surface area contributed by atoms with Crippen molar-refractivity contribution in [1.29, 1.82) is 0 Å². The minimum Gasteiger partial charge on any atom is -0.478 e. The molecule has 0 spiro atoms. The standard InChI is InChI=1S/C12H10N4O4/c1-7-2-3-13-6-10(7)15-11-9(12(17)18)4-8(5-14-11)16(19)20/h2-6H,1H3,(H,14,15)(H,17,18). The Labute approximate surface area is 113 Å². The average molecular weight is 274 g/mol. The van der Waals surface area contributed by atoms with E-state index in [4.69, 9.17) is 5.11 Å². The van der Waals surface area contributed by atoms with Crippen LogP contribution in [0.4, 0.5) is 17.2 Å². The van der Waals surface area contributed by atoms with Gasteiger partial charge < -0.3 is 10.4 Å². The van der Waals surface area contributed by atoms with Crippen LogP contribution in [0, 0.1) is 17.0 Å². The van der Waals surface area contributed by atoms with Gasteiger partial charge in [-0.3, -0.25) is 15.1 Å². The highest BCUT2D eigenvalue weighted by Gasteiger charge is 2.18. The zero-order valence-corrected chi connectivity index (χ0v) is 10.4. The molecule has 2 aromatic heterocycles. The predicted molar refractivity (Wildman–Crippen MR) is 70.1 cm³/mol. The first-order valence-electron chi connectivity index (χ1n) is 5.54. The van der Waals surface area contributed by atoms with Crippen molar-refractivity contribution in [1.82, 2.24) is 9.97 Å². The van der Waals surface area contributed by atoms with Crippen molar-refractivity contribution >= 4 is 23.2 Å². The van der Waals surface area contributed by atoms with E-state index < -0.39 is 10.9 Å². The van der Waals surface area contributed by atoms with Crippen LogP contribution in [0.25, 0.3) is 0 Å². The smallest absolute Gasteiger partial charge is 0.339 e. The van der Waals surface area contributed by atoms with E-state index in [1.54, 1.807) is 12.3 Å². The first kappa shape index (κ1) is 13.4. The van der Waals surface area contributed by atoms with Crippen molar-refractivity contribution in [2.75, 3.05) is 5.32 Å². The zero-order valence-electron chi connectivity index (χ0n) is 10.4. The molecule has 8 heteroatoms. The monoisotopic (exact) mass is 274 g/mol. The van der Waals surface area contributed by atoms with Crippen molar-refractivity contribution in [3.05, 3.63) is 52.0 Å². The largest absolute Gasteiger partial charge is 0.478 e. The van der Waals surface area contributed by atoms with Gasteiger partial charge in [0.1, 0.15) is 17.6 Å².